The van der Waals surface area contributed by atoms with E-state index in [0.717, 1.165) is 22.9 Å². The topological polar surface area (TPSA) is 80.7 Å². The zero-order chi connectivity index (χ0) is 21.8. The minimum absolute atomic E-state index is 0.237. The number of benzene rings is 3. The van der Waals surface area contributed by atoms with Crippen molar-refractivity contribution in [3.8, 4) is 0 Å². The third-order valence-corrected chi connectivity index (χ3v) is 7.26. The Morgan fingerprint density at radius 2 is 1.55 bits per heavy atom. The van der Waals surface area contributed by atoms with Crippen LogP contribution in [0.5, 0.6) is 0 Å². The Kier molecular flexibility index (Phi) is 6.54. The second kappa shape index (κ2) is 9.33. The van der Waals surface area contributed by atoms with E-state index in [1.807, 2.05) is 60.7 Å². The van der Waals surface area contributed by atoms with Crippen molar-refractivity contribution in [2.75, 3.05) is 10.8 Å². The van der Waals surface area contributed by atoms with Gasteiger partial charge in [0.2, 0.25) is 0 Å². The van der Waals surface area contributed by atoms with Crippen molar-refractivity contribution in [2.45, 2.75) is 18.5 Å². The van der Waals surface area contributed by atoms with Gasteiger partial charge in [-0.25, -0.2) is 8.10 Å². The Labute approximate surface area is 188 Å². The molecule has 1 heterocycles. The summed E-state index contributed by atoms with van der Waals surface area (Å²) in [6, 6.07) is 26.0. The summed E-state index contributed by atoms with van der Waals surface area (Å²) in [5.74, 6) is -0.0732. The zero-order valence-corrected chi connectivity index (χ0v) is 18.3. The Bertz CT molecular complexity index is 1040. The summed E-state index contributed by atoms with van der Waals surface area (Å²) in [6.45, 7) is 0.473. The molecule has 0 bridgehead atoms. The highest BCUT2D eigenvalue weighted by atomic mass is 32.2. The molecule has 6 nitrogen and oxygen atoms in total. The number of quaternary nitrogens is 1. The fourth-order valence-corrected chi connectivity index (χ4v) is 5.35. The van der Waals surface area contributed by atoms with Crippen LogP contribution in [0.2, 0.25) is 0 Å². The molecule has 1 saturated heterocycles. The number of carbonyl (C=O) groups excluding carboxylic acids is 1. The van der Waals surface area contributed by atoms with Crippen LogP contribution >= 0.6 is 11.8 Å². The Balaban J connectivity index is 1.81. The number of hydrogen-bond donors (Lipinski definition) is 1. The third kappa shape index (κ3) is 4.58. The molecule has 2 unspecified atom stereocenters. The highest BCUT2D eigenvalue weighted by Crippen LogP contribution is 2.36. The highest BCUT2D eigenvalue weighted by Gasteiger charge is 2.36. The molecule has 31 heavy (non-hydrogen) atoms. The summed E-state index contributed by atoms with van der Waals surface area (Å²) in [4.78, 5) is 13.8. The van der Waals surface area contributed by atoms with Gasteiger partial charge >= 0.3 is 0 Å². The number of nitrogens with zero attached hydrogens (tertiary/aromatic N) is 2. The summed E-state index contributed by atoms with van der Waals surface area (Å²) in [7, 11) is 0. The number of thioether (sulfide) groups is 1. The third-order valence-electron chi connectivity index (χ3n) is 5.30. The molecule has 3 aromatic rings. The van der Waals surface area contributed by atoms with E-state index >= 15 is 0 Å². The van der Waals surface area contributed by atoms with Crippen molar-refractivity contribution >= 4 is 40.3 Å². The van der Waals surface area contributed by atoms with Gasteiger partial charge in [-0.15, -0.1) is 0 Å². The molecular formula is C23H22N2O4S2. The first-order valence-corrected chi connectivity index (χ1v) is 11.8. The van der Waals surface area contributed by atoms with E-state index in [0.29, 0.717) is 17.3 Å². The van der Waals surface area contributed by atoms with Gasteiger partial charge in [0, 0.05) is 23.3 Å². The minimum Gasteiger partial charge on any atom is -0.724 e. The molecule has 1 amide bonds. The summed E-state index contributed by atoms with van der Waals surface area (Å²) in [5, 5.41) is 9.81. The van der Waals surface area contributed by atoms with Crippen LogP contribution in [-0.2, 0) is 29.2 Å². The SMILES string of the molecule is O=C1C(O)SCN1c1cccc([N+](Cc2ccccc2)(Cc2ccccc2)S(=O)[O-])c1. The van der Waals surface area contributed by atoms with E-state index in [9.17, 15) is 18.7 Å². The van der Waals surface area contributed by atoms with Crippen molar-refractivity contribution < 1.29 is 18.7 Å². The van der Waals surface area contributed by atoms with Crippen LogP contribution in [0.15, 0.2) is 84.9 Å². The number of aliphatic hydroxyl groups excluding tert-OH is 1. The van der Waals surface area contributed by atoms with Gasteiger partial charge in [0.05, 0.1) is 11.6 Å². The van der Waals surface area contributed by atoms with Gasteiger partial charge in [-0.1, -0.05) is 78.5 Å². The summed E-state index contributed by atoms with van der Waals surface area (Å²) < 4.78 is 25.3. The van der Waals surface area contributed by atoms with Crippen LogP contribution in [0.25, 0.3) is 0 Å². The Hall–Kier alpha value is -2.49. The predicted molar refractivity (Wildman–Crippen MR) is 123 cm³/mol. The highest BCUT2D eigenvalue weighted by molar-refractivity contribution is 8.01. The van der Waals surface area contributed by atoms with E-state index < -0.39 is 22.6 Å². The van der Waals surface area contributed by atoms with Crippen molar-refractivity contribution in [1.82, 2.24) is 3.89 Å². The molecule has 0 aliphatic carbocycles. The molecule has 8 heteroatoms. The van der Waals surface area contributed by atoms with Gasteiger partial charge < -0.3 is 9.66 Å². The Morgan fingerprint density at radius 1 is 0.968 bits per heavy atom. The average molecular weight is 455 g/mol. The standard InChI is InChI=1S/C23H22N2O4S2/c26-22-23(27)30-17-24(22)20-12-7-13-21(14-20)25(31(28)29,15-18-8-3-1-4-9-18)16-19-10-5-2-6-11-19/h1-14,23,27H,15-17H2. The van der Waals surface area contributed by atoms with Crippen LogP contribution in [0.3, 0.4) is 0 Å². The Morgan fingerprint density at radius 3 is 2.03 bits per heavy atom. The maximum atomic E-state index is 12.8. The smallest absolute Gasteiger partial charge is 0.267 e. The number of anilines is 1. The first-order chi connectivity index (χ1) is 15.0. The normalized spacial score (nSPS) is 17.7. The second-order valence-electron chi connectivity index (χ2n) is 7.33. The molecular weight excluding hydrogens is 432 g/mol. The van der Waals surface area contributed by atoms with Crippen LogP contribution in [0, 0.1) is 0 Å². The largest absolute Gasteiger partial charge is 0.724 e. The van der Waals surface area contributed by atoms with Crippen LogP contribution in [0.1, 0.15) is 11.1 Å². The summed E-state index contributed by atoms with van der Waals surface area (Å²) >= 11 is -1.37. The van der Waals surface area contributed by atoms with E-state index in [1.165, 1.54) is 4.90 Å². The number of rotatable bonds is 7. The van der Waals surface area contributed by atoms with Gasteiger partial charge in [-0.05, 0) is 6.07 Å². The van der Waals surface area contributed by atoms with E-state index in [-0.39, 0.29) is 17.0 Å². The molecule has 0 saturated carbocycles. The van der Waals surface area contributed by atoms with E-state index in [2.05, 4.69) is 0 Å². The van der Waals surface area contributed by atoms with E-state index in [4.69, 9.17) is 0 Å². The molecule has 0 aromatic heterocycles. The molecule has 1 aliphatic rings. The number of amides is 1. The lowest BCUT2D eigenvalue weighted by atomic mass is 10.1. The summed E-state index contributed by atoms with van der Waals surface area (Å²) in [5.41, 5.74) is 1.80. The molecule has 4 rings (SSSR count). The molecule has 1 fully saturated rings. The van der Waals surface area contributed by atoms with Gasteiger partial charge in [-0.3, -0.25) is 9.69 Å². The van der Waals surface area contributed by atoms with Gasteiger partial charge in [0.25, 0.3) is 5.91 Å². The van der Waals surface area contributed by atoms with Crippen molar-refractivity contribution in [3.05, 3.63) is 96.1 Å². The minimum atomic E-state index is -2.51. The number of aliphatic hydroxyl groups is 1. The van der Waals surface area contributed by atoms with Gasteiger partial charge in [0.1, 0.15) is 18.8 Å². The predicted octanol–water partition coefficient (Wildman–Crippen LogP) is 3.54. The lowest BCUT2D eigenvalue weighted by molar-refractivity contribution is -0.121. The monoisotopic (exact) mass is 454 g/mol. The maximum Gasteiger partial charge on any atom is 0.267 e. The van der Waals surface area contributed by atoms with Crippen molar-refractivity contribution in [2.24, 2.45) is 0 Å². The van der Waals surface area contributed by atoms with Crippen LogP contribution < -0.4 is 8.79 Å². The zero-order valence-electron chi connectivity index (χ0n) is 16.7. The number of hydrogen-bond acceptors (Lipinski definition) is 5. The first kappa shape index (κ1) is 21.7. The number of carbonyl (C=O) groups is 1. The molecule has 160 valence electrons. The fraction of sp³-hybridized carbons (Fsp3) is 0.174. The van der Waals surface area contributed by atoms with Gasteiger partial charge in [-0.2, -0.15) is 0 Å². The van der Waals surface area contributed by atoms with Crippen LogP contribution in [-0.4, -0.2) is 31.1 Å². The lowest BCUT2D eigenvalue weighted by Gasteiger charge is -2.38. The van der Waals surface area contributed by atoms with E-state index in [1.54, 1.807) is 24.3 Å². The van der Waals surface area contributed by atoms with Gasteiger partial charge in [0.15, 0.2) is 16.7 Å². The molecule has 1 N–H and O–H groups in total. The first-order valence-electron chi connectivity index (χ1n) is 9.76. The molecule has 3 aromatic carbocycles. The lowest BCUT2D eigenvalue weighted by Crippen LogP contribution is -2.49. The second-order valence-corrected chi connectivity index (χ2v) is 9.50. The molecule has 0 spiro atoms. The molecule has 2 atom stereocenters. The average Bonchev–Trinajstić information content (AvgIpc) is 3.13. The summed E-state index contributed by atoms with van der Waals surface area (Å²) in [6.07, 6.45) is 0. The molecule has 0 radical (unpaired) electrons. The quantitative estimate of drug-likeness (QED) is 0.436. The van der Waals surface area contributed by atoms with Crippen molar-refractivity contribution in [1.29, 1.82) is 0 Å². The van der Waals surface area contributed by atoms with Crippen molar-refractivity contribution in [3.63, 3.8) is 0 Å². The maximum absolute atomic E-state index is 12.8. The fourth-order valence-electron chi connectivity index (χ4n) is 3.72. The van der Waals surface area contributed by atoms with Crippen LogP contribution in [0.4, 0.5) is 11.4 Å². The molecule has 1 aliphatic heterocycles.